The molecule has 0 radical (unpaired) electrons. The summed E-state index contributed by atoms with van der Waals surface area (Å²) < 4.78 is 0. The topological polar surface area (TPSA) is 77.8 Å². The first-order valence-corrected chi connectivity index (χ1v) is 5.83. The van der Waals surface area contributed by atoms with E-state index in [1.807, 2.05) is 0 Å². The Hall–Kier alpha value is -1.10. The molecule has 94 valence electrons. The highest BCUT2D eigenvalue weighted by atomic mass is 35.5. The number of halogens is 1. The summed E-state index contributed by atoms with van der Waals surface area (Å²) in [5, 5.41) is 27.4. The van der Waals surface area contributed by atoms with Gasteiger partial charge in [0.15, 0.2) is 6.10 Å². The molecule has 0 aliphatic rings. The van der Waals surface area contributed by atoms with E-state index in [0.717, 1.165) is 12.0 Å². The quantitative estimate of drug-likeness (QED) is 0.675. The highest BCUT2D eigenvalue weighted by Crippen LogP contribution is 2.21. The fourth-order valence-corrected chi connectivity index (χ4v) is 1.74. The van der Waals surface area contributed by atoms with Crippen molar-refractivity contribution in [2.75, 3.05) is 5.88 Å². The molecule has 3 N–H and O–H groups in total. The Kier molecular flexibility index (Phi) is 5.41. The molecule has 0 saturated heterocycles. The molecule has 1 rings (SSSR count). The molecular formula is C12H15ClO4. The molecule has 0 fully saturated rings. The maximum atomic E-state index is 10.7. The van der Waals surface area contributed by atoms with Crippen LogP contribution in [0.4, 0.5) is 0 Å². The standard InChI is InChI=1S/C12H15ClO4/c13-5-1-2-8-3-4-9(7-14)10(6-8)11(15)12(16)17/h3-4,6,11,14-15H,1-2,5,7H2,(H,16,17). The monoisotopic (exact) mass is 258 g/mol. The average molecular weight is 259 g/mol. The first-order chi connectivity index (χ1) is 8.10. The summed E-state index contributed by atoms with van der Waals surface area (Å²) in [7, 11) is 0. The minimum Gasteiger partial charge on any atom is -0.479 e. The van der Waals surface area contributed by atoms with Gasteiger partial charge in [-0.25, -0.2) is 4.79 Å². The van der Waals surface area contributed by atoms with Crippen LogP contribution in [0.25, 0.3) is 0 Å². The number of hydrogen-bond donors (Lipinski definition) is 3. The number of aliphatic hydroxyl groups excluding tert-OH is 2. The molecule has 17 heavy (non-hydrogen) atoms. The summed E-state index contributed by atoms with van der Waals surface area (Å²) in [5.74, 6) is -0.798. The van der Waals surface area contributed by atoms with E-state index in [4.69, 9.17) is 21.8 Å². The maximum Gasteiger partial charge on any atom is 0.337 e. The van der Waals surface area contributed by atoms with Crippen LogP contribution < -0.4 is 0 Å². The van der Waals surface area contributed by atoms with Crippen molar-refractivity contribution < 1.29 is 20.1 Å². The minimum atomic E-state index is -1.60. The van der Waals surface area contributed by atoms with E-state index in [2.05, 4.69) is 0 Å². The Morgan fingerprint density at radius 1 is 1.41 bits per heavy atom. The zero-order valence-electron chi connectivity index (χ0n) is 9.27. The largest absolute Gasteiger partial charge is 0.479 e. The normalized spacial score (nSPS) is 12.4. The van der Waals surface area contributed by atoms with Gasteiger partial charge < -0.3 is 15.3 Å². The van der Waals surface area contributed by atoms with E-state index >= 15 is 0 Å². The first-order valence-electron chi connectivity index (χ1n) is 5.29. The fraction of sp³-hybridized carbons (Fsp3) is 0.417. The van der Waals surface area contributed by atoms with Gasteiger partial charge in [-0.1, -0.05) is 18.2 Å². The van der Waals surface area contributed by atoms with Gasteiger partial charge in [-0.3, -0.25) is 0 Å². The van der Waals surface area contributed by atoms with E-state index < -0.39 is 12.1 Å². The predicted molar refractivity (Wildman–Crippen MR) is 64.0 cm³/mol. The summed E-state index contributed by atoms with van der Waals surface area (Å²) >= 11 is 5.58. The third kappa shape index (κ3) is 3.70. The number of carbonyl (C=O) groups is 1. The number of aryl methyl sites for hydroxylation is 1. The molecule has 1 aromatic carbocycles. The summed E-state index contributed by atoms with van der Waals surface area (Å²) in [6, 6.07) is 5.04. The lowest BCUT2D eigenvalue weighted by molar-refractivity contribution is -0.147. The van der Waals surface area contributed by atoms with Crippen LogP contribution in [0.15, 0.2) is 18.2 Å². The third-order valence-electron chi connectivity index (χ3n) is 2.51. The van der Waals surface area contributed by atoms with E-state index in [9.17, 15) is 9.90 Å². The van der Waals surface area contributed by atoms with Gasteiger partial charge in [0.05, 0.1) is 6.61 Å². The number of aliphatic hydroxyl groups is 2. The van der Waals surface area contributed by atoms with Crippen molar-refractivity contribution in [1.29, 1.82) is 0 Å². The molecule has 0 aromatic heterocycles. The van der Waals surface area contributed by atoms with Gasteiger partial charge in [-0.05, 0) is 29.5 Å². The number of carboxylic acid groups (broad SMARTS) is 1. The second-order valence-electron chi connectivity index (χ2n) is 3.72. The van der Waals surface area contributed by atoms with Crippen molar-refractivity contribution in [2.24, 2.45) is 0 Å². The molecule has 1 unspecified atom stereocenters. The Morgan fingerprint density at radius 2 is 2.12 bits per heavy atom. The van der Waals surface area contributed by atoms with Gasteiger partial charge in [0.1, 0.15) is 0 Å². The van der Waals surface area contributed by atoms with Crippen molar-refractivity contribution in [3.05, 3.63) is 34.9 Å². The molecule has 1 aromatic rings. The van der Waals surface area contributed by atoms with Gasteiger partial charge in [0.25, 0.3) is 0 Å². The summed E-state index contributed by atoms with van der Waals surface area (Å²) in [6.45, 7) is -0.296. The molecule has 0 heterocycles. The number of aliphatic carboxylic acids is 1. The van der Waals surface area contributed by atoms with Gasteiger partial charge >= 0.3 is 5.97 Å². The Balaban J connectivity index is 3.01. The van der Waals surface area contributed by atoms with Crippen LogP contribution >= 0.6 is 11.6 Å². The molecule has 0 bridgehead atoms. The van der Waals surface area contributed by atoms with Gasteiger partial charge in [0.2, 0.25) is 0 Å². The summed E-state index contributed by atoms with van der Waals surface area (Å²) in [6.07, 6.45) is -0.106. The lowest BCUT2D eigenvalue weighted by Gasteiger charge is -2.12. The van der Waals surface area contributed by atoms with Crippen molar-refractivity contribution >= 4 is 17.6 Å². The molecule has 1 atom stereocenters. The average Bonchev–Trinajstić information content (AvgIpc) is 2.34. The van der Waals surface area contributed by atoms with Crippen LogP contribution in [0.3, 0.4) is 0 Å². The third-order valence-corrected chi connectivity index (χ3v) is 2.78. The van der Waals surface area contributed by atoms with Crippen molar-refractivity contribution in [3.8, 4) is 0 Å². The first kappa shape index (κ1) is 14.0. The zero-order chi connectivity index (χ0) is 12.8. The molecular weight excluding hydrogens is 244 g/mol. The van der Waals surface area contributed by atoms with Gasteiger partial charge in [-0.2, -0.15) is 0 Å². The minimum absolute atomic E-state index is 0.243. The zero-order valence-corrected chi connectivity index (χ0v) is 10.0. The highest BCUT2D eigenvalue weighted by molar-refractivity contribution is 6.17. The Morgan fingerprint density at radius 3 is 2.65 bits per heavy atom. The van der Waals surface area contributed by atoms with Crippen molar-refractivity contribution in [3.63, 3.8) is 0 Å². The van der Waals surface area contributed by atoms with Crippen LogP contribution in [-0.2, 0) is 17.8 Å². The number of benzene rings is 1. The second-order valence-corrected chi connectivity index (χ2v) is 4.10. The van der Waals surface area contributed by atoms with Crippen LogP contribution in [0.2, 0.25) is 0 Å². The molecule has 0 amide bonds. The summed E-state index contributed by atoms with van der Waals surface area (Å²) in [4.78, 5) is 10.7. The van der Waals surface area contributed by atoms with Crippen LogP contribution in [0, 0.1) is 0 Å². The van der Waals surface area contributed by atoms with Crippen LogP contribution in [0.1, 0.15) is 29.2 Å². The molecule has 0 aliphatic carbocycles. The lowest BCUT2D eigenvalue weighted by atomic mass is 9.98. The van der Waals surface area contributed by atoms with Crippen LogP contribution in [-0.4, -0.2) is 27.2 Å². The predicted octanol–water partition coefficient (Wildman–Crippen LogP) is 1.47. The van der Waals surface area contributed by atoms with Crippen LogP contribution in [0.5, 0.6) is 0 Å². The van der Waals surface area contributed by atoms with Gasteiger partial charge in [0, 0.05) is 5.88 Å². The molecule has 5 heteroatoms. The van der Waals surface area contributed by atoms with E-state index in [1.54, 1.807) is 18.2 Å². The Labute approximate surface area is 104 Å². The SMILES string of the molecule is O=C(O)C(O)c1cc(CCCCl)ccc1CO. The van der Waals surface area contributed by atoms with E-state index in [1.165, 1.54) is 0 Å². The molecule has 0 aliphatic heterocycles. The fourth-order valence-electron chi connectivity index (χ4n) is 1.60. The number of rotatable bonds is 6. The molecule has 4 nitrogen and oxygen atoms in total. The van der Waals surface area contributed by atoms with Crippen molar-refractivity contribution in [1.82, 2.24) is 0 Å². The van der Waals surface area contributed by atoms with Gasteiger partial charge in [-0.15, -0.1) is 11.6 Å². The van der Waals surface area contributed by atoms with Crippen molar-refractivity contribution in [2.45, 2.75) is 25.6 Å². The lowest BCUT2D eigenvalue weighted by Crippen LogP contribution is -2.13. The van der Waals surface area contributed by atoms with E-state index in [-0.39, 0.29) is 12.2 Å². The molecule has 0 spiro atoms. The highest BCUT2D eigenvalue weighted by Gasteiger charge is 2.19. The summed E-state index contributed by atoms with van der Waals surface area (Å²) in [5.41, 5.74) is 1.57. The molecule has 0 saturated carbocycles. The maximum absolute atomic E-state index is 10.7. The van der Waals surface area contributed by atoms with E-state index in [0.29, 0.717) is 17.9 Å². The Bertz CT molecular complexity index is 392. The second kappa shape index (κ2) is 6.59. The number of hydrogen-bond acceptors (Lipinski definition) is 3. The smallest absolute Gasteiger partial charge is 0.337 e. The number of carboxylic acids is 1. The number of alkyl halides is 1.